The summed E-state index contributed by atoms with van der Waals surface area (Å²) in [5.41, 5.74) is 1.10. The Morgan fingerprint density at radius 2 is 1.78 bits per heavy atom. The number of morpholine rings is 1. The zero-order valence-electron chi connectivity index (χ0n) is 18.5. The van der Waals surface area contributed by atoms with Crippen molar-refractivity contribution in [2.75, 3.05) is 71.0 Å². The van der Waals surface area contributed by atoms with Crippen LogP contribution in [0.5, 0.6) is 0 Å². The van der Waals surface area contributed by atoms with Crippen molar-refractivity contribution in [2.24, 2.45) is 4.99 Å². The maximum atomic E-state index is 13.5. The molecule has 2 aliphatic heterocycles. The van der Waals surface area contributed by atoms with Crippen molar-refractivity contribution >= 4 is 35.8 Å². The molecule has 1 N–H and O–H groups in total. The molecule has 9 heteroatoms. The first-order valence-corrected chi connectivity index (χ1v) is 10.9. The number of benzene rings is 1. The Bertz CT molecular complexity index is 839. The van der Waals surface area contributed by atoms with Gasteiger partial charge in [-0.2, -0.15) is 0 Å². The fraction of sp³-hybridized carbons (Fsp3) is 0.478. The van der Waals surface area contributed by atoms with Crippen LogP contribution in [0, 0.1) is 5.82 Å². The lowest BCUT2D eigenvalue weighted by Gasteiger charge is -2.39. The van der Waals surface area contributed by atoms with Gasteiger partial charge < -0.3 is 19.9 Å². The Kier molecular flexibility index (Phi) is 9.49. The van der Waals surface area contributed by atoms with Gasteiger partial charge in [0, 0.05) is 59.1 Å². The van der Waals surface area contributed by atoms with E-state index in [-0.39, 0.29) is 35.8 Å². The maximum Gasteiger partial charge on any atom is 0.193 e. The summed E-state index contributed by atoms with van der Waals surface area (Å²) in [4.78, 5) is 16.0. The normalized spacial score (nSPS) is 18.8. The standard InChI is InChI=1S/C23H31FN6O.HI/c1-25-23(30-12-10-29(11-13-30)22-4-2-3-9-26-22)27-18-21(28-14-16-31-17-15-28)19-5-7-20(24)8-6-19;/h2-9,21H,10-18H2,1H3,(H,25,27);1H. The number of pyridine rings is 1. The number of anilines is 1. The minimum Gasteiger partial charge on any atom is -0.379 e. The van der Waals surface area contributed by atoms with Gasteiger partial charge in [-0.15, -0.1) is 24.0 Å². The second-order valence-corrected chi connectivity index (χ2v) is 7.81. The molecule has 1 aromatic heterocycles. The zero-order valence-corrected chi connectivity index (χ0v) is 20.8. The molecule has 1 atom stereocenters. The van der Waals surface area contributed by atoms with E-state index in [1.807, 2.05) is 37.5 Å². The summed E-state index contributed by atoms with van der Waals surface area (Å²) in [6, 6.07) is 13.0. The van der Waals surface area contributed by atoms with Crippen LogP contribution >= 0.6 is 24.0 Å². The summed E-state index contributed by atoms with van der Waals surface area (Å²) in [6.07, 6.45) is 1.84. The van der Waals surface area contributed by atoms with Crippen LogP contribution in [0.15, 0.2) is 53.7 Å². The van der Waals surface area contributed by atoms with Gasteiger partial charge in [-0.05, 0) is 29.8 Å². The first-order chi connectivity index (χ1) is 15.2. The second kappa shape index (κ2) is 12.3. The molecule has 3 heterocycles. The smallest absolute Gasteiger partial charge is 0.193 e. The molecule has 7 nitrogen and oxygen atoms in total. The summed E-state index contributed by atoms with van der Waals surface area (Å²) in [7, 11) is 1.83. The quantitative estimate of drug-likeness (QED) is 0.349. The number of nitrogens with zero attached hydrogens (tertiary/aromatic N) is 5. The molecule has 0 radical (unpaired) electrons. The number of halogens is 2. The minimum absolute atomic E-state index is 0. The molecule has 32 heavy (non-hydrogen) atoms. The van der Waals surface area contributed by atoms with E-state index in [0.717, 1.165) is 69.8 Å². The third kappa shape index (κ3) is 6.29. The van der Waals surface area contributed by atoms with Gasteiger partial charge in [0.1, 0.15) is 11.6 Å². The van der Waals surface area contributed by atoms with Gasteiger partial charge >= 0.3 is 0 Å². The van der Waals surface area contributed by atoms with E-state index >= 15 is 0 Å². The van der Waals surface area contributed by atoms with Crippen molar-refractivity contribution in [1.82, 2.24) is 20.1 Å². The predicted molar refractivity (Wildman–Crippen MR) is 136 cm³/mol. The number of rotatable bonds is 5. The van der Waals surface area contributed by atoms with E-state index in [2.05, 4.69) is 36.1 Å². The topological polar surface area (TPSA) is 56.2 Å². The Balaban J connectivity index is 0.00000289. The molecular weight excluding hydrogens is 522 g/mol. The number of piperazine rings is 1. The van der Waals surface area contributed by atoms with E-state index in [9.17, 15) is 4.39 Å². The van der Waals surface area contributed by atoms with E-state index in [1.165, 1.54) is 12.1 Å². The highest BCUT2D eigenvalue weighted by atomic mass is 127. The number of aromatic nitrogens is 1. The fourth-order valence-electron chi connectivity index (χ4n) is 4.24. The average molecular weight is 554 g/mol. The summed E-state index contributed by atoms with van der Waals surface area (Å²) in [5.74, 6) is 1.72. The van der Waals surface area contributed by atoms with Crippen molar-refractivity contribution < 1.29 is 9.13 Å². The molecule has 2 aliphatic rings. The van der Waals surface area contributed by atoms with E-state index < -0.39 is 0 Å². The van der Waals surface area contributed by atoms with Crippen molar-refractivity contribution in [3.05, 3.63) is 60.0 Å². The predicted octanol–water partition coefficient (Wildman–Crippen LogP) is 2.61. The molecule has 0 spiro atoms. The molecule has 1 aromatic carbocycles. The largest absolute Gasteiger partial charge is 0.379 e. The molecule has 1 unspecified atom stereocenters. The van der Waals surface area contributed by atoms with Crippen LogP contribution < -0.4 is 10.2 Å². The molecule has 2 aromatic rings. The lowest BCUT2D eigenvalue weighted by atomic mass is 10.0. The van der Waals surface area contributed by atoms with E-state index in [4.69, 9.17) is 4.74 Å². The van der Waals surface area contributed by atoms with Crippen LogP contribution in [-0.4, -0.2) is 86.8 Å². The highest BCUT2D eigenvalue weighted by Crippen LogP contribution is 2.22. The first-order valence-electron chi connectivity index (χ1n) is 10.9. The van der Waals surface area contributed by atoms with Gasteiger partial charge in [0.15, 0.2) is 5.96 Å². The summed E-state index contributed by atoms with van der Waals surface area (Å²) >= 11 is 0. The molecule has 4 rings (SSSR count). The second-order valence-electron chi connectivity index (χ2n) is 7.81. The first kappa shape index (κ1) is 24.7. The van der Waals surface area contributed by atoms with Crippen LogP contribution in [0.3, 0.4) is 0 Å². The van der Waals surface area contributed by atoms with E-state index in [1.54, 1.807) is 0 Å². The van der Waals surface area contributed by atoms with Gasteiger partial charge in [0.25, 0.3) is 0 Å². The zero-order chi connectivity index (χ0) is 21.5. The van der Waals surface area contributed by atoms with Crippen molar-refractivity contribution in [1.29, 1.82) is 0 Å². The van der Waals surface area contributed by atoms with Crippen LogP contribution in [0.4, 0.5) is 10.2 Å². The fourth-order valence-corrected chi connectivity index (χ4v) is 4.24. The van der Waals surface area contributed by atoms with Crippen LogP contribution in [0.1, 0.15) is 11.6 Å². The maximum absolute atomic E-state index is 13.5. The number of nitrogens with one attached hydrogen (secondary N) is 1. The number of ether oxygens (including phenoxy) is 1. The molecule has 0 aliphatic carbocycles. The van der Waals surface area contributed by atoms with Gasteiger partial charge in [-0.3, -0.25) is 9.89 Å². The third-order valence-electron chi connectivity index (χ3n) is 5.96. The highest BCUT2D eigenvalue weighted by molar-refractivity contribution is 14.0. The van der Waals surface area contributed by atoms with Crippen molar-refractivity contribution in [3.8, 4) is 0 Å². The Morgan fingerprint density at radius 1 is 1.06 bits per heavy atom. The van der Waals surface area contributed by atoms with Gasteiger partial charge in [0.05, 0.1) is 19.3 Å². The molecule has 0 saturated carbocycles. The van der Waals surface area contributed by atoms with Crippen molar-refractivity contribution in [3.63, 3.8) is 0 Å². The molecule has 0 amide bonds. The summed E-state index contributed by atoms with van der Waals surface area (Å²) in [6.45, 7) is 7.47. The summed E-state index contributed by atoms with van der Waals surface area (Å²) in [5, 5.41) is 3.57. The van der Waals surface area contributed by atoms with Crippen LogP contribution in [0.2, 0.25) is 0 Å². The van der Waals surface area contributed by atoms with E-state index in [0.29, 0.717) is 6.54 Å². The molecule has 2 saturated heterocycles. The summed E-state index contributed by atoms with van der Waals surface area (Å²) < 4.78 is 19.0. The number of hydrogen-bond donors (Lipinski definition) is 1. The van der Waals surface area contributed by atoms with Crippen molar-refractivity contribution in [2.45, 2.75) is 6.04 Å². The highest BCUT2D eigenvalue weighted by Gasteiger charge is 2.25. The molecule has 174 valence electrons. The number of aliphatic imine (C=N–C) groups is 1. The lowest BCUT2D eigenvalue weighted by molar-refractivity contribution is 0.0168. The van der Waals surface area contributed by atoms with Crippen LogP contribution in [0.25, 0.3) is 0 Å². The number of guanidine groups is 1. The van der Waals surface area contributed by atoms with Gasteiger partial charge in [-0.25, -0.2) is 9.37 Å². The van der Waals surface area contributed by atoms with Gasteiger partial charge in [-0.1, -0.05) is 18.2 Å². The minimum atomic E-state index is -0.209. The monoisotopic (exact) mass is 554 g/mol. The number of hydrogen-bond acceptors (Lipinski definition) is 5. The SMILES string of the molecule is CN=C(NCC(c1ccc(F)cc1)N1CCOCC1)N1CCN(c2ccccn2)CC1.I. The molecular formula is C23H32FIN6O. The molecule has 0 bridgehead atoms. The Labute approximate surface area is 206 Å². The average Bonchev–Trinajstić information content (AvgIpc) is 2.84. The van der Waals surface area contributed by atoms with Crippen LogP contribution in [-0.2, 0) is 4.74 Å². The van der Waals surface area contributed by atoms with Gasteiger partial charge in [0.2, 0.25) is 0 Å². The Morgan fingerprint density at radius 3 is 2.41 bits per heavy atom. The lowest BCUT2D eigenvalue weighted by Crippen LogP contribution is -2.54. The molecule has 2 fully saturated rings. The Hall–Kier alpha value is -1.98. The third-order valence-corrected chi connectivity index (χ3v) is 5.96.